The van der Waals surface area contributed by atoms with Gasteiger partial charge >= 0.3 is 0 Å². The number of rotatable bonds is 11. The number of anilines is 1. The van der Waals surface area contributed by atoms with E-state index in [0.29, 0.717) is 19.6 Å². The summed E-state index contributed by atoms with van der Waals surface area (Å²) < 4.78 is 10.6. The van der Waals surface area contributed by atoms with Crippen LogP contribution in [0.3, 0.4) is 0 Å². The predicted molar refractivity (Wildman–Crippen MR) is 82.5 cm³/mol. The highest BCUT2D eigenvalue weighted by atomic mass is 16.5. The molecule has 0 heterocycles. The summed E-state index contributed by atoms with van der Waals surface area (Å²) in [7, 11) is 1.69. The molecule has 0 saturated heterocycles. The molecule has 0 aromatic heterocycles. The lowest BCUT2D eigenvalue weighted by Gasteiger charge is -2.24. The van der Waals surface area contributed by atoms with E-state index in [1.54, 1.807) is 7.11 Å². The number of ether oxygens (including phenoxy) is 2. The van der Waals surface area contributed by atoms with Crippen LogP contribution in [0.25, 0.3) is 0 Å². The maximum atomic E-state index is 7.35. The second kappa shape index (κ2) is 10.2. The van der Waals surface area contributed by atoms with Crippen molar-refractivity contribution in [3.63, 3.8) is 0 Å². The van der Waals surface area contributed by atoms with Crippen LogP contribution in [-0.4, -0.2) is 45.9 Å². The molecule has 0 saturated carbocycles. The van der Waals surface area contributed by atoms with E-state index in [2.05, 4.69) is 17.0 Å². The third kappa shape index (κ3) is 7.11. The van der Waals surface area contributed by atoms with Crippen LogP contribution < -0.4 is 10.6 Å². The molecule has 1 aromatic carbocycles. The zero-order chi connectivity index (χ0) is 14.6. The molecule has 0 aliphatic rings. The minimum absolute atomic E-state index is 0.215. The number of benzene rings is 1. The van der Waals surface area contributed by atoms with E-state index >= 15 is 0 Å². The van der Waals surface area contributed by atoms with E-state index in [-0.39, 0.29) is 5.84 Å². The minimum Gasteiger partial charge on any atom is -0.388 e. The highest BCUT2D eigenvalue weighted by Gasteiger charge is 2.06. The fourth-order valence-electron chi connectivity index (χ4n) is 1.85. The zero-order valence-electron chi connectivity index (χ0n) is 12.2. The molecule has 1 aromatic rings. The molecule has 0 amide bonds. The van der Waals surface area contributed by atoms with Crippen molar-refractivity contribution in [2.45, 2.75) is 12.8 Å². The van der Waals surface area contributed by atoms with E-state index in [9.17, 15) is 0 Å². The van der Waals surface area contributed by atoms with Gasteiger partial charge in [-0.2, -0.15) is 0 Å². The molecule has 0 aliphatic heterocycles. The SMILES string of the molecule is COCCCOCCN(CCC(=N)N)c1ccccc1. The highest BCUT2D eigenvalue weighted by Crippen LogP contribution is 2.13. The number of nitrogens with one attached hydrogen (secondary N) is 1. The lowest BCUT2D eigenvalue weighted by molar-refractivity contribution is 0.107. The van der Waals surface area contributed by atoms with E-state index in [1.807, 2.05) is 18.2 Å². The Labute approximate surface area is 121 Å². The van der Waals surface area contributed by atoms with Gasteiger partial charge in [0, 0.05) is 45.5 Å². The van der Waals surface area contributed by atoms with Crippen molar-refractivity contribution in [3.8, 4) is 0 Å². The van der Waals surface area contributed by atoms with Gasteiger partial charge in [-0.15, -0.1) is 0 Å². The van der Waals surface area contributed by atoms with Crippen molar-refractivity contribution < 1.29 is 9.47 Å². The molecule has 3 N–H and O–H groups in total. The number of methoxy groups -OCH3 is 1. The first kappa shape index (κ1) is 16.5. The molecule has 0 bridgehead atoms. The average molecular weight is 279 g/mol. The summed E-state index contributed by atoms with van der Waals surface area (Å²) in [6, 6.07) is 10.1. The topological polar surface area (TPSA) is 71.6 Å². The van der Waals surface area contributed by atoms with Gasteiger partial charge in [0.15, 0.2) is 0 Å². The van der Waals surface area contributed by atoms with E-state index in [0.717, 1.165) is 31.8 Å². The maximum absolute atomic E-state index is 7.35. The second-order valence-corrected chi connectivity index (χ2v) is 4.56. The maximum Gasteiger partial charge on any atom is 0.0923 e. The van der Waals surface area contributed by atoms with Gasteiger partial charge in [-0.05, 0) is 18.6 Å². The van der Waals surface area contributed by atoms with Gasteiger partial charge in [0.2, 0.25) is 0 Å². The molecular weight excluding hydrogens is 254 g/mol. The number of para-hydroxylation sites is 1. The largest absolute Gasteiger partial charge is 0.388 e. The molecule has 0 fully saturated rings. The summed E-state index contributed by atoms with van der Waals surface area (Å²) in [5.74, 6) is 0.215. The highest BCUT2D eigenvalue weighted by molar-refractivity contribution is 5.77. The summed E-state index contributed by atoms with van der Waals surface area (Å²) in [6.07, 6.45) is 1.48. The van der Waals surface area contributed by atoms with E-state index in [1.165, 1.54) is 0 Å². The molecule has 112 valence electrons. The number of nitrogens with zero attached hydrogens (tertiary/aromatic N) is 1. The van der Waals surface area contributed by atoms with Crippen molar-refractivity contribution in [1.82, 2.24) is 0 Å². The van der Waals surface area contributed by atoms with Gasteiger partial charge in [0.25, 0.3) is 0 Å². The Bertz CT molecular complexity index is 371. The number of hydrogen-bond acceptors (Lipinski definition) is 4. The number of hydrogen-bond donors (Lipinski definition) is 2. The molecule has 20 heavy (non-hydrogen) atoms. The Hall–Kier alpha value is -1.59. The second-order valence-electron chi connectivity index (χ2n) is 4.56. The van der Waals surface area contributed by atoms with E-state index < -0.39 is 0 Å². The van der Waals surface area contributed by atoms with Crippen LogP contribution in [0.5, 0.6) is 0 Å². The Morgan fingerprint density at radius 3 is 2.55 bits per heavy atom. The van der Waals surface area contributed by atoms with Gasteiger partial charge in [0.05, 0.1) is 12.4 Å². The third-order valence-corrected chi connectivity index (χ3v) is 2.92. The Balaban J connectivity index is 2.37. The van der Waals surface area contributed by atoms with Crippen molar-refractivity contribution >= 4 is 11.5 Å². The van der Waals surface area contributed by atoms with Gasteiger partial charge in [-0.3, -0.25) is 5.41 Å². The van der Waals surface area contributed by atoms with Crippen LogP contribution >= 0.6 is 0 Å². The van der Waals surface area contributed by atoms with Crippen molar-refractivity contribution in [3.05, 3.63) is 30.3 Å². The normalized spacial score (nSPS) is 10.4. The minimum atomic E-state index is 0.215. The third-order valence-electron chi connectivity index (χ3n) is 2.92. The van der Waals surface area contributed by atoms with Crippen LogP contribution in [0.4, 0.5) is 5.69 Å². The Morgan fingerprint density at radius 1 is 1.15 bits per heavy atom. The average Bonchev–Trinajstić information content (AvgIpc) is 2.46. The molecule has 0 radical (unpaired) electrons. The molecule has 5 nitrogen and oxygen atoms in total. The molecule has 0 spiro atoms. The van der Waals surface area contributed by atoms with Gasteiger partial charge in [-0.1, -0.05) is 18.2 Å². The predicted octanol–water partition coefficient (Wildman–Crippen LogP) is 1.87. The Morgan fingerprint density at radius 2 is 1.90 bits per heavy atom. The van der Waals surface area contributed by atoms with Crippen molar-refractivity contribution in [1.29, 1.82) is 5.41 Å². The summed E-state index contributed by atoms with van der Waals surface area (Å²) in [5.41, 5.74) is 6.57. The standard InChI is InChI=1S/C15H25N3O2/c1-19-11-5-12-20-13-10-18(9-8-15(16)17)14-6-3-2-4-7-14/h2-4,6-7H,5,8-13H2,1H3,(H3,16,17). The smallest absolute Gasteiger partial charge is 0.0923 e. The summed E-state index contributed by atoms with van der Waals surface area (Å²) in [6.45, 7) is 3.64. The fourth-order valence-corrected chi connectivity index (χ4v) is 1.85. The first-order chi connectivity index (χ1) is 9.74. The molecule has 1 rings (SSSR count). The lowest BCUT2D eigenvalue weighted by Crippen LogP contribution is -2.31. The Kier molecular flexibility index (Phi) is 8.42. The number of amidine groups is 1. The first-order valence-corrected chi connectivity index (χ1v) is 6.93. The zero-order valence-corrected chi connectivity index (χ0v) is 12.2. The van der Waals surface area contributed by atoms with Crippen LogP contribution in [0.2, 0.25) is 0 Å². The van der Waals surface area contributed by atoms with Crippen LogP contribution in [0.15, 0.2) is 30.3 Å². The van der Waals surface area contributed by atoms with Crippen LogP contribution in [0.1, 0.15) is 12.8 Å². The fraction of sp³-hybridized carbons (Fsp3) is 0.533. The molecular formula is C15H25N3O2. The molecule has 5 heteroatoms. The van der Waals surface area contributed by atoms with Gasteiger partial charge in [-0.25, -0.2) is 0 Å². The summed E-state index contributed by atoms with van der Waals surface area (Å²) in [4.78, 5) is 2.19. The van der Waals surface area contributed by atoms with E-state index in [4.69, 9.17) is 20.6 Å². The molecule has 0 aliphatic carbocycles. The summed E-state index contributed by atoms with van der Waals surface area (Å²) >= 11 is 0. The summed E-state index contributed by atoms with van der Waals surface area (Å²) in [5, 5.41) is 7.35. The molecule has 0 atom stereocenters. The number of nitrogens with two attached hydrogens (primary N) is 1. The van der Waals surface area contributed by atoms with Crippen molar-refractivity contribution in [2.24, 2.45) is 5.73 Å². The first-order valence-electron chi connectivity index (χ1n) is 6.93. The monoisotopic (exact) mass is 279 g/mol. The van der Waals surface area contributed by atoms with Crippen LogP contribution in [0, 0.1) is 5.41 Å². The quantitative estimate of drug-likeness (QED) is 0.368. The van der Waals surface area contributed by atoms with Gasteiger partial charge in [0.1, 0.15) is 0 Å². The van der Waals surface area contributed by atoms with Crippen molar-refractivity contribution in [2.75, 3.05) is 44.9 Å². The molecule has 0 unspecified atom stereocenters. The van der Waals surface area contributed by atoms with Gasteiger partial charge < -0.3 is 20.1 Å². The lowest BCUT2D eigenvalue weighted by atomic mass is 10.2. The van der Waals surface area contributed by atoms with Crippen LogP contribution in [-0.2, 0) is 9.47 Å².